The van der Waals surface area contributed by atoms with Gasteiger partial charge in [0.2, 0.25) is 0 Å². The van der Waals surface area contributed by atoms with Gasteiger partial charge in [0.1, 0.15) is 0 Å². The van der Waals surface area contributed by atoms with Gasteiger partial charge < -0.3 is 14.9 Å². The van der Waals surface area contributed by atoms with Crippen LogP contribution in [0.2, 0.25) is 0 Å². The number of hydrogen-bond acceptors (Lipinski definition) is 0. The van der Waals surface area contributed by atoms with E-state index in [0.29, 0.717) is 0 Å². The molecule has 4 rings (SSSR count). The van der Waals surface area contributed by atoms with Crippen LogP contribution in [0.5, 0.6) is 0 Å². The normalized spacial score (nSPS) is 9.62. The topological polar surface area (TPSA) is 0 Å². The molecule has 0 aliphatic heterocycles. The molecule has 168 valence electrons. The molecule has 4 aromatic carbocycles. The van der Waals surface area contributed by atoms with Crippen molar-refractivity contribution in [2.24, 2.45) is 0 Å². The molecule has 0 aromatic heterocycles. The summed E-state index contributed by atoms with van der Waals surface area (Å²) in [4.78, 5) is 0. The predicted molar refractivity (Wildman–Crippen MR) is 144 cm³/mol. The molecule has 4 radical (unpaired) electrons. The third-order valence-electron chi connectivity index (χ3n) is 5.75. The maximum atomic E-state index is 2.36. The first kappa shape index (κ1) is 32.9. The zero-order valence-corrected chi connectivity index (χ0v) is 25.6. The summed E-state index contributed by atoms with van der Waals surface area (Å²) in [6.07, 6.45) is 7.23. The van der Waals surface area contributed by atoms with Crippen LogP contribution in [-0.2, 0) is 51.5 Å². The number of aryl methyl sites for hydroxylation is 4. The van der Waals surface area contributed by atoms with E-state index in [1.807, 2.05) is 0 Å². The van der Waals surface area contributed by atoms with Gasteiger partial charge in [-0.05, 0) is 12.8 Å². The molecule has 0 atom stereocenters. The zero-order valence-electron chi connectivity index (χ0n) is 21.0. The Morgan fingerprint density at radius 3 is 1.25 bits per heavy atom. The van der Waals surface area contributed by atoms with Gasteiger partial charge in [-0.2, -0.15) is 11.1 Å². The van der Waals surface area contributed by atoms with Gasteiger partial charge in [0.05, 0.1) is 0 Å². The minimum atomic E-state index is 0. The predicted octanol–water partition coefficient (Wildman–Crippen LogP) is 8.66. The molecule has 0 amide bonds. The van der Waals surface area contributed by atoms with Crippen LogP contribution in [0.1, 0.15) is 62.8 Å². The van der Waals surface area contributed by atoms with Crippen LogP contribution in [0.4, 0.5) is 0 Å². The van der Waals surface area contributed by atoms with E-state index in [0.717, 1.165) is 12.8 Å². The fourth-order valence-electron chi connectivity index (χ4n) is 4.51. The summed E-state index contributed by atoms with van der Waals surface area (Å²) in [6.45, 7) is 9.00. The minimum Gasteiger partial charge on any atom is -0.358 e. The summed E-state index contributed by atoms with van der Waals surface area (Å²) in [5.41, 5.74) is 6.22. The van der Waals surface area contributed by atoms with Gasteiger partial charge in [0, 0.05) is 11.0 Å². The molecule has 0 saturated heterocycles. The summed E-state index contributed by atoms with van der Waals surface area (Å²) in [7, 11) is 0. The average Bonchev–Trinajstić information content (AvgIpc) is 3.25. The first-order valence-corrected chi connectivity index (χ1v) is 11.1. The Bertz CT molecular complexity index is 938. The van der Waals surface area contributed by atoms with Crippen LogP contribution in [0.3, 0.4) is 0 Å². The second kappa shape index (κ2) is 16.4. The van der Waals surface area contributed by atoms with Crippen molar-refractivity contribution in [2.45, 2.75) is 66.2 Å². The van der Waals surface area contributed by atoms with Crippen LogP contribution in [-0.4, -0.2) is 11.0 Å². The smallest absolute Gasteiger partial charge is 0.358 e. The van der Waals surface area contributed by atoms with Crippen molar-refractivity contribution in [3.63, 3.8) is 0 Å². The molecular formula is C30H40HfSi. The molecule has 2 heteroatoms. The molecule has 0 aliphatic rings. The third kappa shape index (κ3) is 7.38. The van der Waals surface area contributed by atoms with E-state index in [2.05, 4.69) is 88.4 Å². The van der Waals surface area contributed by atoms with Gasteiger partial charge in [-0.25, -0.2) is 0 Å². The minimum absolute atomic E-state index is 0. The largest absolute Gasteiger partial charge is 4.00 e. The van der Waals surface area contributed by atoms with Gasteiger partial charge >= 0.3 is 25.8 Å². The van der Waals surface area contributed by atoms with Gasteiger partial charge in [0.15, 0.2) is 0 Å². The number of rotatable bonds is 6. The molecule has 0 saturated carbocycles. The molecule has 0 bridgehead atoms. The van der Waals surface area contributed by atoms with E-state index in [1.165, 1.54) is 47.2 Å². The molecule has 0 fully saturated rings. The van der Waals surface area contributed by atoms with Gasteiger partial charge in [-0.3, -0.25) is 0 Å². The van der Waals surface area contributed by atoms with Crippen LogP contribution in [0, 0.1) is 14.9 Å². The number of benzene rings is 2. The maximum absolute atomic E-state index is 2.36. The van der Waals surface area contributed by atoms with Crippen molar-refractivity contribution >= 4 is 32.5 Å². The summed E-state index contributed by atoms with van der Waals surface area (Å²) in [6, 6.07) is 22.2. The van der Waals surface area contributed by atoms with Gasteiger partial charge in [-0.1, -0.05) is 65.5 Å². The molecule has 0 unspecified atom stereocenters. The van der Waals surface area contributed by atoms with Crippen molar-refractivity contribution in [1.82, 2.24) is 0 Å². The molecular weight excluding hydrogens is 567 g/mol. The second-order valence-electron chi connectivity index (χ2n) is 7.68. The Hall–Kier alpha value is -1.25. The summed E-state index contributed by atoms with van der Waals surface area (Å²) in [5.74, 6) is 0. The molecule has 4 aromatic rings. The Balaban J connectivity index is 0. The van der Waals surface area contributed by atoms with Crippen molar-refractivity contribution in [2.75, 3.05) is 0 Å². The van der Waals surface area contributed by atoms with Crippen molar-refractivity contribution in [1.29, 1.82) is 0 Å². The Labute approximate surface area is 221 Å². The summed E-state index contributed by atoms with van der Waals surface area (Å²) in [5, 5.41) is 5.73. The van der Waals surface area contributed by atoms with E-state index in [9.17, 15) is 0 Å². The van der Waals surface area contributed by atoms with E-state index in [-0.39, 0.29) is 51.7 Å². The quantitative estimate of drug-likeness (QED) is 0.152. The maximum Gasteiger partial charge on any atom is 4.00 e. The van der Waals surface area contributed by atoms with Crippen molar-refractivity contribution in [3.8, 4) is 0 Å². The number of fused-ring (bicyclic) bond motifs is 2. The molecule has 0 nitrogen and oxygen atoms in total. The monoisotopic (exact) mass is 608 g/mol. The standard InChI is InChI=1S/2C14H17.2CH3.Hf.Si/c2*1-3-7-11-10-12-8-5-6-9-14(12)13(11)4-2;;;;/h2*5-6,8-10H,3-4,7H2,1-2H3;2*1H3;;/q4*-1;+4;. The van der Waals surface area contributed by atoms with Crippen LogP contribution >= 0.6 is 0 Å². The Kier molecular flexibility index (Phi) is 16.8. The van der Waals surface area contributed by atoms with Gasteiger partial charge in [-0.15, -0.1) is 81.2 Å². The van der Waals surface area contributed by atoms with E-state index in [1.54, 1.807) is 22.3 Å². The van der Waals surface area contributed by atoms with E-state index in [4.69, 9.17) is 0 Å². The van der Waals surface area contributed by atoms with E-state index < -0.39 is 0 Å². The van der Waals surface area contributed by atoms with Crippen LogP contribution < -0.4 is 0 Å². The molecule has 0 aliphatic carbocycles. The third-order valence-corrected chi connectivity index (χ3v) is 5.75. The SMILES string of the molecule is CCCc1[cH-]c2ccccc2c1CC.CCCc1[cH-]c2ccccc2c1CC.[CH3-].[CH3-].[Hf+4].[Si]. The first-order chi connectivity index (χ1) is 13.7. The van der Waals surface area contributed by atoms with Crippen LogP contribution in [0.25, 0.3) is 21.5 Å². The van der Waals surface area contributed by atoms with E-state index >= 15 is 0 Å². The van der Waals surface area contributed by atoms with Crippen molar-refractivity contribution in [3.05, 3.63) is 97.8 Å². The second-order valence-corrected chi connectivity index (χ2v) is 7.68. The average molecular weight is 607 g/mol. The zero-order chi connectivity index (χ0) is 19.9. The molecule has 0 heterocycles. The van der Waals surface area contributed by atoms with Gasteiger partial charge in [0.25, 0.3) is 0 Å². The van der Waals surface area contributed by atoms with Crippen LogP contribution in [0.15, 0.2) is 60.7 Å². The summed E-state index contributed by atoms with van der Waals surface area (Å²) >= 11 is 0. The first-order valence-electron chi connectivity index (χ1n) is 11.1. The van der Waals surface area contributed by atoms with Crippen molar-refractivity contribution < 1.29 is 25.8 Å². The summed E-state index contributed by atoms with van der Waals surface area (Å²) < 4.78 is 0. The molecule has 0 spiro atoms. The fourth-order valence-corrected chi connectivity index (χ4v) is 4.51. The fraction of sp³-hybridized carbons (Fsp3) is 0.333. The molecule has 0 N–H and O–H groups in total. The Morgan fingerprint density at radius 1 is 0.594 bits per heavy atom. The molecule has 32 heavy (non-hydrogen) atoms. The number of hydrogen-bond donors (Lipinski definition) is 0. The Morgan fingerprint density at radius 2 is 0.938 bits per heavy atom.